The van der Waals surface area contributed by atoms with Crippen LogP contribution in [0.25, 0.3) is 0 Å². The first-order chi connectivity index (χ1) is 10.1. The Bertz CT molecular complexity index is 544. The van der Waals surface area contributed by atoms with E-state index in [2.05, 4.69) is 10.6 Å². The van der Waals surface area contributed by atoms with Crippen LogP contribution in [0.5, 0.6) is 5.75 Å². The van der Waals surface area contributed by atoms with Crippen molar-refractivity contribution in [1.29, 1.82) is 0 Å². The van der Waals surface area contributed by atoms with Crippen molar-refractivity contribution in [2.45, 2.75) is 30.9 Å². The lowest BCUT2D eigenvalue weighted by atomic mass is 9.88. The highest BCUT2D eigenvalue weighted by atomic mass is 35.5. The zero-order valence-corrected chi connectivity index (χ0v) is 12.4. The Morgan fingerprint density at radius 1 is 1.43 bits per heavy atom. The van der Waals surface area contributed by atoms with Gasteiger partial charge in [-0.05, 0) is 50.6 Å². The smallest absolute Gasteiger partial charge is 0.255 e. The van der Waals surface area contributed by atoms with Gasteiger partial charge in [-0.25, -0.2) is 0 Å². The normalized spacial score (nSPS) is 24.1. The van der Waals surface area contributed by atoms with Crippen molar-refractivity contribution in [3.63, 3.8) is 0 Å². The molecular weight excluding hydrogens is 292 g/mol. The summed E-state index contributed by atoms with van der Waals surface area (Å²) < 4.78 is 5.94. The molecule has 1 spiro atoms. The summed E-state index contributed by atoms with van der Waals surface area (Å²) >= 11 is 5.87. The topological polar surface area (TPSA) is 70.6 Å². The number of hydrogen-bond donors (Lipinski definition) is 3. The molecule has 1 atom stereocenters. The highest BCUT2D eigenvalue weighted by Crippen LogP contribution is 2.34. The van der Waals surface area contributed by atoms with E-state index < -0.39 is 0 Å². The Kier molecular flexibility index (Phi) is 4.06. The Morgan fingerprint density at radius 2 is 2.19 bits per heavy atom. The average molecular weight is 311 g/mol. The van der Waals surface area contributed by atoms with E-state index in [-0.39, 0.29) is 28.9 Å². The van der Waals surface area contributed by atoms with Crippen molar-refractivity contribution < 1.29 is 14.6 Å². The van der Waals surface area contributed by atoms with E-state index in [1.165, 1.54) is 12.1 Å². The molecule has 2 aliphatic heterocycles. The van der Waals surface area contributed by atoms with Gasteiger partial charge in [-0.1, -0.05) is 11.6 Å². The molecule has 0 radical (unpaired) electrons. The van der Waals surface area contributed by atoms with E-state index in [1.54, 1.807) is 6.07 Å². The number of nitrogens with one attached hydrogen (secondary N) is 2. The minimum atomic E-state index is -0.311. The maximum Gasteiger partial charge on any atom is 0.255 e. The number of amides is 1. The fraction of sp³-hybridized carbons (Fsp3) is 0.533. The third-order valence-electron chi connectivity index (χ3n) is 4.26. The predicted molar refractivity (Wildman–Crippen MR) is 79.8 cm³/mol. The van der Waals surface area contributed by atoms with E-state index in [4.69, 9.17) is 16.3 Å². The molecule has 5 nitrogen and oxygen atoms in total. The van der Waals surface area contributed by atoms with Crippen molar-refractivity contribution in [2.24, 2.45) is 0 Å². The molecule has 0 saturated carbocycles. The van der Waals surface area contributed by atoms with Crippen LogP contribution in [0.2, 0.25) is 5.02 Å². The minimum Gasteiger partial charge on any atom is -0.507 e. The average Bonchev–Trinajstić information content (AvgIpc) is 2.84. The minimum absolute atomic E-state index is 0.0195. The molecule has 2 aliphatic rings. The molecule has 2 fully saturated rings. The fourth-order valence-electron chi connectivity index (χ4n) is 3.12. The second-order valence-corrected chi connectivity index (χ2v) is 6.22. The van der Waals surface area contributed by atoms with Gasteiger partial charge in [0.2, 0.25) is 0 Å². The zero-order chi connectivity index (χ0) is 14.9. The van der Waals surface area contributed by atoms with Crippen LogP contribution >= 0.6 is 11.6 Å². The number of carbonyl (C=O) groups excluding carboxylic acids is 1. The third-order valence-corrected chi connectivity index (χ3v) is 4.50. The fourth-order valence-corrected chi connectivity index (χ4v) is 3.29. The van der Waals surface area contributed by atoms with Crippen LogP contribution in [0.4, 0.5) is 0 Å². The first-order valence-corrected chi connectivity index (χ1v) is 7.60. The number of ether oxygens (including phenoxy) is 1. The van der Waals surface area contributed by atoms with Crippen molar-refractivity contribution in [3.05, 3.63) is 28.8 Å². The molecule has 1 aromatic rings. The summed E-state index contributed by atoms with van der Waals surface area (Å²) in [4.78, 5) is 12.2. The van der Waals surface area contributed by atoms with Gasteiger partial charge in [-0.3, -0.25) is 4.79 Å². The van der Waals surface area contributed by atoms with Crippen molar-refractivity contribution in [3.8, 4) is 5.75 Å². The summed E-state index contributed by atoms with van der Waals surface area (Å²) in [6.45, 7) is 2.43. The standard InChI is InChI=1S/C15H19ClN2O3/c16-10-1-2-13(19)12(7-10)14(20)18-11-8-15(21-9-11)3-5-17-6-4-15/h1-2,7,11,17,19H,3-6,8-9H2,(H,18,20). The van der Waals surface area contributed by atoms with Crippen LogP contribution in [-0.4, -0.2) is 42.4 Å². The van der Waals surface area contributed by atoms with Gasteiger partial charge in [0.25, 0.3) is 5.91 Å². The Morgan fingerprint density at radius 3 is 2.95 bits per heavy atom. The lowest BCUT2D eigenvalue weighted by Crippen LogP contribution is -2.43. The van der Waals surface area contributed by atoms with Gasteiger partial charge in [0.15, 0.2) is 0 Å². The zero-order valence-electron chi connectivity index (χ0n) is 11.7. The molecule has 1 amide bonds. The predicted octanol–water partition coefficient (Wildman–Crippen LogP) is 1.69. The van der Waals surface area contributed by atoms with Gasteiger partial charge in [-0.2, -0.15) is 0 Å². The molecule has 0 aliphatic carbocycles. The number of phenolic OH excluding ortho intramolecular Hbond substituents is 1. The molecule has 0 bridgehead atoms. The lowest BCUT2D eigenvalue weighted by Gasteiger charge is -2.32. The highest BCUT2D eigenvalue weighted by molar-refractivity contribution is 6.31. The number of rotatable bonds is 2. The van der Waals surface area contributed by atoms with Crippen LogP contribution in [0.3, 0.4) is 0 Å². The molecule has 6 heteroatoms. The summed E-state index contributed by atoms with van der Waals surface area (Å²) in [5, 5.41) is 16.4. The van der Waals surface area contributed by atoms with Crippen molar-refractivity contribution >= 4 is 17.5 Å². The van der Waals surface area contributed by atoms with Crippen LogP contribution in [0.1, 0.15) is 29.6 Å². The molecule has 0 aromatic heterocycles. The molecule has 3 N–H and O–H groups in total. The van der Waals surface area contributed by atoms with Gasteiger partial charge >= 0.3 is 0 Å². The maximum atomic E-state index is 12.2. The second kappa shape index (κ2) is 5.83. The van der Waals surface area contributed by atoms with Gasteiger partial charge in [-0.15, -0.1) is 0 Å². The summed E-state index contributed by atoms with van der Waals surface area (Å²) in [5.74, 6) is -0.373. The molecule has 21 heavy (non-hydrogen) atoms. The molecular formula is C15H19ClN2O3. The monoisotopic (exact) mass is 310 g/mol. The van der Waals surface area contributed by atoms with Crippen LogP contribution in [0, 0.1) is 0 Å². The number of piperidine rings is 1. The maximum absolute atomic E-state index is 12.2. The van der Waals surface area contributed by atoms with Crippen molar-refractivity contribution in [2.75, 3.05) is 19.7 Å². The highest BCUT2D eigenvalue weighted by Gasteiger charge is 2.41. The Balaban J connectivity index is 1.64. The number of phenols is 1. The van der Waals surface area contributed by atoms with Crippen LogP contribution < -0.4 is 10.6 Å². The van der Waals surface area contributed by atoms with Gasteiger partial charge in [0, 0.05) is 5.02 Å². The summed E-state index contributed by atoms with van der Waals surface area (Å²) in [7, 11) is 0. The van der Waals surface area contributed by atoms with E-state index >= 15 is 0 Å². The van der Waals surface area contributed by atoms with Gasteiger partial charge < -0.3 is 20.5 Å². The molecule has 3 rings (SSSR count). The number of carbonyl (C=O) groups is 1. The summed E-state index contributed by atoms with van der Waals surface area (Å²) in [6, 6.07) is 4.43. The second-order valence-electron chi connectivity index (χ2n) is 5.78. The SMILES string of the molecule is O=C(NC1COC2(CCNCC2)C1)c1cc(Cl)ccc1O. The molecule has 2 saturated heterocycles. The first-order valence-electron chi connectivity index (χ1n) is 7.22. The molecule has 114 valence electrons. The summed E-state index contributed by atoms with van der Waals surface area (Å²) in [5.41, 5.74) is 0.105. The number of benzene rings is 1. The lowest BCUT2D eigenvalue weighted by molar-refractivity contribution is -0.0194. The van der Waals surface area contributed by atoms with Gasteiger partial charge in [0.05, 0.1) is 23.8 Å². The van der Waals surface area contributed by atoms with E-state index in [9.17, 15) is 9.90 Å². The van der Waals surface area contributed by atoms with Crippen molar-refractivity contribution in [1.82, 2.24) is 10.6 Å². The Labute approximate surface area is 128 Å². The third kappa shape index (κ3) is 3.15. The number of halogens is 1. The molecule has 2 heterocycles. The van der Waals surface area contributed by atoms with E-state index in [0.29, 0.717) is 11.6 Å². The largest absolute Gasteiger partial charge is 0.507 e. The van der Waals surface area contributed by atoms with Crippen LogP contribution in [-0.2, 0) is 4.74 Å². The molecule has 1 aromatic carbocycles. The number of hydrogen-bond acceptors (Lipinski definition) is 4. The first kappa shape index (κ1) is 14.6. The van der Waals surface area contributed by atoms with Crippen LogP contribution in [0.15, 0.2) is 18.2 Å². The van der Waals surface area contributed by atoms with Gasteiger partial charge in [0.1, 0.15) is 5.75 Å². The Hall–Kier alpha value is -1.30. The van der Waals surface area contributed by atoms with E-state index in [0.717, 1.165) is 32.4 Å². The molecule has 1 unspecified atom stereocenters. The van der Waals surface area contributed by atoms with E-state index in [1.807, 2.05) is 0 Å². The quantitative estimate of drug-likeness (QED) is 0.777. The summed E-state index contributed by atoms with van der Waals surface area (Å²) in [6.07, 6.45) is 2.77. The number of aromatic hydroxyl groups is 1.